The molecule has 0 aliphatic heterocycles. The summed E-state index contributed by atoms with van der Waals surface area (Å²) in [4.78, 5) is 22.2. The third-order valence-electron chi connectivity index (χ3n) is 2.76. The molecule has 0 aromatic carbocycles. The molecule has 2 aliphatic carbocycles. The fraction of sp³-hybridized carbons (Fsp3) is 0.200. The molecule has 25 heavy (non-hydrogen) atoms. The molecule has 0 aromatic heterocycles. The topological polar surface area (TPSA) is 52.6 Å². The molecule has 2 aliphatic rings. The van der Waals surface area contributed by atoms with Crippen molar-refractivity contribution in [3.63, 3.8) is 0 Å². The summed E-state index contributed by atoms with van der Waals surface area (Å²) in [5, 5.41) is 0. The first-order chi connectivity index (χ1) is 11.7. The van der Waals surface area contributed by atoms with Crippen LogP contribution in [0.2, 0.25) is 0 Å². The quantitative estimate of drug-likeness (QED) is 0.307. The average Bonchev–Trinajstić information content (AvgIpc) is 3.29. The predicted molar refractivity (Wildman–Crippen MR) is 89.7 cm³/mol. The third kappa shape index (κ3) is 10.2. The van der Waals surface area contributed by atoms with Crippen molar-refractivity contribution >= 4 is 11.9 Å². The van der Waals surface area contributed by atoms with Crippen LogP contribution < -0.4 is 0 Å². The van der Waals surface area contributed by atoms with Crippen molar-refractivity contribution in [2.45, 2.75) is 12.8 Å². The van der Waals surface area contributed by atoms with Crippen LogP contribution in [0.3, 0.4) is 0 Å². The number of hydrogen-bond acceptors (Lipinski definition) is 4. The maximum Gasteiger partial charge on any atom is 2.00 e. The Morgan fingerprint density at radius 2 is 1.08 bits per heavy atom. The van der Waals surface area contributed by atoms with E-state index in [4.69, 9.17) is 22.3 Å². The van der Waals surface area contributed by atoms with Crippen LogP contribution in [0.25, 0.3) is 0 Å². The Morgan fingerprint density at radius 3 is 1.36 bits per heavy atom. The Morgan fingerprint density at radius 1 is 0.760 bits per heavy atom. The molecule has 0 heterocycles. The molecule has 0 atom stereocenters. The van der Waals surface area contributed by atoms with E-state index < -0.39 is 0 Å². The van der Waals surface area contributed by atoms with Gasteiger partial charge in [-0.3, -0.25) is 9.59 Å². The number of rotatable bonds is 6. The molecule has 5 heteroatoms. The van der Waals surface area contributed by atoms with E-state index >= 15 is 0 Å². The van der Waals surface area contributed by atoms with Crippen LogP contribution in [0.5, 0.6) is 0 Å². The summed E-state index contributed by atoms with van der Waals surface area (Å²) >= 11 is 0. The first-order valence-corrected chi connectivity index (χ1v) is 7.33. The van der Waals surface area contributed by atoms with Crippen molar-refractivity contribution in [2.24, 2.45) is 0 Å². The summed E-state index contributed by atoms with van der Waals surface area (Å²) in [6.45, 7) is 0.584. The van der Waals surface area contributed by atoms with Crippen LogP contribution in [-0.4, -0.2) is 25.2 Å². The number of terminal acetylenes is 2. The number of ether oxygens (including phenoxy) is 2. The van der Waals surface area contributed by atoms with E-state index in [0.717, 1.165) is 0 Å². The van der Waals surface area contributed by atoms with Gasteiger partial charge in [0, 0.05) is 12.8 Å². The van der Waals surface area contributed by atoms with Gasteiger partial charge in [-0.25, -0.2) is 0 Å². The van der Waals surface area contributed by atoms with Crippen molar-refractivity contribution < 1.29 is 36.1 Å². The van der Waals surface area contributed by atoms with Crippen LogP contribution in [0.15, 0.2) is 0 Å². The van der Waals surface area contributed by atoms with Gasteiger partial charge in [0.15, 0.2) is 0 Å². The van der Waals surface area contributed by atoms with Crippen LogP contribution >= 0.6 is 0 Å². The minimum atomic E-state index is -0.310. The molecule has 128 valence electrons. The minimum Gasteiger partial charge on any atom is -0.464 e. The van der Waals surface area contributed by atoms with E-state index in [1.54, 1.807) is 51.4 Å². The predicted octanol–water partition coefficient (Wildman–Crippen LogP) is 1.91. The summed E-state index contributed by atoms with van der Waals surface area (Å²) in [7, 11) is 0. The molecular weight excluding hydrogens is 360 g/mol. The SMILES string of the molecule is C#CCCOC(=O)[C]1[CH][CH][CH][CH]1.C#CCCOC(=O)[C]1[CH][CH][CH][CH]1.[Fe+2]. The first-order valence-electron chi connectivity index (χ1n) is 7.33. The van der Waals surface area contributed by atoms with Gasteiger partial charge in [-0.1, -0.05) is 0 Å². The second kappa shape index (κ2) is 14.9. The van der Waals surface area contributed by atoms with E-state index in [2.05, 4.69) is 11.8 Å². The minimum absolute atomic E-state index is 0. The van der Waals surface area contributed by atoms with E-state index in [-0.39, 0.29) is 29.0 Å². The molecule has 4 nitrogen and oxygen atoms in total. The molecule has 2 fully saturated rings. The molecule has 0 saturated heterocycles. The van der Waals surface area contributed by atoms with Gasteiger partial charge in [-0.2, -0.15) is 0 Å². The van der Waals surface area contributed by atoms with Crippen LogP contribution in [0.4, 0.5) is 0 Å². The smallest absolute Gasteiger partial charge is 0.464 e. The van der Waals surface area contributed by atoms with Crippen molar-refractivity contribution in [3.8, 4) is 24.7 Å². The Balaban J connectivity index is 0.000000443. The second-order valence-corrected chi connectivity index (χ2v) is 4.53. The van der Waals surface area contributed by atoms with Crippen molar-refractivity contribution in [3.05, 3.63) is 63.2 Å². The van der Waals surface area contributed by atoms with E-state index in [1.807, 2.05) is 0 Å². The largest absolute Gasteiger partial charge is 2.00 e. The van der Waals surface area contributed by atoms with Gasteiger partial charge in [0.05, 0.1) is 11.8 Å². The van der Waals surface area contributed by atoms with Gasteiger partial charge in [-0.05, 0) is 51.4 Å². The van der Waals surface area contributed by atoms with Gasteiger partial charge in [0.1, 0.15) is 13.2 Å². The van der Waals surface area contributed by atoms with Crippen molar-refractivity contribution in [1.29, 1.82) is 0 Å². The summed E-state index contributed by atoms with van der Waals surface area (Å²) in [6, 6.07) is 0. The standard InChI is InChI=1S/2C10H9O2.Fe/c2*1-2-3-8-12-10(11)9-6-4-5-7-9;/h2*1,4-7H,3,8H2;/q;;+2. The molecule has 0 aromatic rings. The van der Waals surface area contributed by atoms with Gasteiger partial charge in [0.25, 0.3) is 0 Å². The third-order valence-corrected chi connectivity index (χ3v) is 2.76. The fourth-order valence-electron chi connectivity index (χ4n) is 1.59. The van der Waals surface area contributed by atoms with E-state index in [9.17, 15) is 9.59 Å². The zero-order valence-corrected chi connectivity index (χ0v) is 14.7. The Bertz CT molecular complexity index is 419. The number of carbonyl (C=O) groups excluding carboxylic acids is 2. The van der Waals surface area contributed by atoms with Crippen LogP contribution in [0, 0.1) is 87.9 Å². The number of carbonyl (C=O) groups is 2. The summed E-state index contributed by atoms with van der Waals surface area (Å²) in [5.74, 6) is 5.31. The summed E-state index contributed by atoms with van der Waals surface area (Å²) in [5.41, 5.74) is 0. The summed E-state index contributed by atoms with van der Waals surface area (Å²) < 4.78 is 9.69. The van der Waals surface area contributed by atoms with Gasteiger partial charge >= 0.3 is 29.0 Å². The molecule has 0 spiro atoms. The van der Waals surface area contributed by atoms with Gasteiger partial charge in [0.2, 0.25) is 0 Å². The molecule has 2 rings (SSSR count). The zero-order valence-electron chi connectivity index (χ0n) is 13.6. The second-order valence-electron chi connectivity index (χ2n) is 4.53. The van der Waals surface area contributed by atoms with Gasteiger partial charge < -0.3 is 9.47 Å². The number of hydrogen-bond donors (Lipinski definition) is 0. The average molecular weight is 378 g/mol. The van der Waals surface area contributed by atoms with Crippen LogP contribution in [-0.2, 0) is 36.1 Å². The molecule has 0 N–H and O–H groups in total. The van der Waals surface area contributed by atoms with Crippen LogP contribution in [0.1, 0.15) is 12.8 Å². The molecule has 10 radical (unpaired) electrons. The molecule has 2 saturated carbocycles. The molecular formula is C20H18FeO4+2. The van der Waals surface area contributed by atoms with Gasteiger partial charge in [-0.15, -0.1) is 24.7 Å². The molecule has 0 unspecified atom stereocenters. The zero-order chi connectivity index (χ0) is 17.6. The Labute approximate surface area is 162 Å². The fourth-order valence-corrected chi connectivity index (χ4v) is 1.59. The number of esters is 2. The van der Waals surface area contributed by atoms with E-state index in [0.29, 0.717) is 37.9 Å². The first kappa shape index (κ1) is 23.6. The van der Waals surface area contributed by atoms with E-state index in [1.165, 1.54) is 0 Å². The summed E-state index contributed by atoms with van der Waals surface area (Å²) in [6.07, 6.45) is 24.9. The maximum atomic E-state index is 11.1. The molecule has 0 bridgehead atoms. The normalized spacial score (nSPS) is 16.6. The monoisotopic (exact) mass is 378 g/mol. The molecule has 0 amide bonds. The Kier molecular flexibility index (Phi) is 14.0. The maximum absolute atomic E-state index is 11.1. The van der Waals surface area contributed by atoms with Crippen molar-refractivity contribution in [2.75, 3.05) is 13.2 Å². The van der Waals surface area contributed by atoms with Crippen molar-refractivity contribution in [1.82, 2.24) is 0 Å². The Hall–Kier alpha value is -1.42.